The lowest BCUT2D eigenvalue weighted by Gasteiger charge is -2.23. The van der Waals surface area contributed by atoms with Gasteiger partial charge in [0.25, 0.3) is 0 Å². The first kappa shape index (κ1) is 24.6. The quantitative estimate of drug-likeness (QED) is 0.204. The molecule has 2 fully saturated rings. The number of hydrogen-bond acceptors (Lipinski definition) is 2. The van der Waals surface area contributed by atoms with Crippen molar-refractivity contribution >= 4 is 78.2 Å². The van der Waals surface area contributed by atoms with Crippen molar-refractivity contribution in [1.82, 2.24) is 19.9 Å². The highest BCUT2D eigenvalue weighted by Gasteiger charge is 2.24. The Morgan fingerprint density at radius 2 is 0.895 bits per heavy atom. The van der Waals surface area contributed by atoms with Gasteiger partial charge in [-0.15, -0.1) is 0 Å². The number of hydrogen-bond donors (Lipinski definition) is 2. The van der Waals surface area contributed by atoms with Crippen molar-refractivity contribution in [1.29, 1.82) is 0 Å². The van der Waals surface area contributed by atoms with E-state index in [-0.39, 0.29) is 0 Å². The van der Waals surface area contributed by atoms with Gasteiger partial charge in [0.1, 0.15) is 0 Å². The molecule has 38 heavy (non-hydrogen) atoms. The van der Waals surface area contributed by atoms with Crippen LogP contribution in [-0.2, 0) is 0 Å². The van der Waals surface area contributed by atoms with E-state index < -0.39 is 0 Å². The zero-order chi connectivity index (χ0) is 25.6. The number of aromatic nitrogens is 4. The van der Waals surface area contributed by atoms with Gasteiger partial charge in [-0.25, -0.2) is 9.97 Å². The molecule has 3 aromatic rings. The number of nitrogens with zero attached hydrogens (tertiary/aromatic N) is 2. The minimum atomic E-state index is 0.493. The highest BCUT2D eigenvalue weighted by molar-refractivity contribution is 9.11. The van der Waals surface area contributed by atoms with Gasteiger partial charge >= 0.3 is 0 Å². The average Bonchev–Trinajstić information content (AvgIpc) is 3.77. The summed E-state index contributed by atoms with van der Waals surface area (Å²) in [6.45, 7) is 0. The first-order valence-electron chi connectivity index (χ1n) is 14.1. The first-order chi connectivity index (χ1) is 18.7. The van der Waals surface area contributed by atoms with Gasteiger partial charge in [-0.3, -0.25) is 0 Å². The molecular formula is C32H32Br2N4. The molecule has 0 unspecified atom stereocenters. The fraction of sp³-hybridized carbons (Fsp3) is 0.375. The molecule has 0 spiro atoms. The van der Waals surface area contributed by atoms with E-state index in [0.717, 1.165) is 42.8 Å². The Balaban J connectivity index is 1.55. The van der Waals surface area contributed by atoms with Crippen molar-refractivity contribution in [2.45, 2.75) is 76.0 Å². The van der Waals surface area contributed by atoms with E-state index >= 15 is 0 Å². The molecule has 0 atom stereocenters. The minimum absolute atomic E-state index is 0.493. The lowest BCUT2D eigenvalue weighted by atomic mass is 9.82. The van der Waals surface area contributed by atoms with Gasteiger partial charge in [-0.2, -0.15) is 0 Å². The molecule has 7 rings (SSSR count). The highest BCUT2D eigenvalue weighted by Crippen LogP contribution is 2.40. The van der Waals surface area contributed by atoms with E-state index in [9.17, 15) is 0 Å². The second-order valence-electron chi connectivity index (χ2n) is 11.1. The van der Waals surface area contributed by atoms with E-state index in [1.807, 2.05) is 0 Å². The van der Waals surface area contributed by atoms with Crippen LogP contribution in [0.25, 0.3) is 46.4 Å². The predicted octanol–water partition coefficient (Wildman–Crippen LogP) is 10.3. The molecule has 4 aliphatic rings. The summed E-state index contributed by atoms with van der Waals surface area (Å²) in [4.78, 5) is 17.9. The number of rotatable bonds is 2. The third-order valence-corrected chi connectivity index (χ3v) is 10.4. The van der Waals surface area contributed by atoms with Crippen LogP contribution in [0.15, 0.2) is 33.2 Å². The van der Waals surface area contributed by atoms with Crippen LogP contribution in [-0.4, -0.2) is 19.9 Å². The van der Waals surface area contributed by atoms with Gasteiger partial charge in [0.15, 0.2) is 0 Å². The summed E-state index contributed by atoms with van der Waals surface area (Å²) >= 11 is 7.82. The average molecular weight is 632 g/mol. The summed E-state index contributed by atoms with van der Waals surface area (Å²) in [7, 11) is 0. The summed E-state index contributed by atoms with van der Waals surface area (Å²) in [5.41, 5.74) is 11.2. The Morgan fingerprint density at radius 3 is 1.37 bits per heavy atom. The zero-order valence-corrected chi connectivity index (χ0v) is 24.7. The predicted molar refractivity (Wildman–Crippen MR) is 166 cm³/mol. The second-order valence-corrected chi connectivity index (χ2v) is 12.7. The molecule has 0 radical (unpaired) electrons. The smallest absolute Gasteiger partial charge is 0.0800 e. The van der Waals surface area contributed by atoms with Gasteiger partial charge in [0.2, 0.25) is 0 Å². The number of halogens is 2. The summed E-state index contributed by atoms with van der Waals surface area (Å²) in [5.74, 6) is 1.03. The molecule has 0 amide bonds. The normalized spacial score (nSPS) is 18.4. The second kappa shape index (κ2) is 10.3. The Bertz CT molecular complexity index is 1510. The summed E-state index contributed by atoms with van der Waals surface area (Å²) in [6, 6.07) is 8.87. The van der Waals surface area contributed by atoms with Crippen molar-refractivity contribution < 1.29 is 0 Å². The first-order valence-corrected chi connectivity index (χ1v) is 15.7. The maximum absolute atomic E-state index is 5.17. The third kappa shape index (κ3) is 4.44. The van der Waals surface area contributed by atoms with E-state index in [1.165, 1.54) is 86.4 Å². The Kier molecular flexibility index (Phi) is 6.65. The number of fused-ring (bicyclic) bond motifs is 8. The van der Waals surface area contributed by atoms with E-state index in [1.54, 1.807) is 0 Å². The van der Waals surface area contributed by atoms with Crippen LogP contribution in [0.4, 0.5) is 0 Å². The van der Waals surface area contributed by atoms with Crippen molar-refractivity contribution in [3.05, 3.63) is 67.1 Å². The monoisotopic (exact) mass is 630 g/mol. The van der Waals surface area contributed by atoms with Crippen LogP contribution in [0.2, 0.25) is 0 Å². The number of aromatic amines is 2. The fourth-order valence-electron chi connectivity index (χ4n) is 6.82. The van der Waals surface area contributed by atoms with Gasteiger partial charge in [-0.1, -0.05) is 38.5 Å². The fourth-order valence-corrected chi connectivity index (χ4v) is 7.73. The van der Waals surface area contributed by atoms with Crippen LogP contribution in [0.1, 0.15) is 110 Å². The zero-order valence-electron chi connectivity index (χ0n) is 21.5. The molecule has 0 aromatic carbocycles. The van der Waals surface area contributed by atoms with Crippen molar-refractivity contribution in [2.75, 3.05) is 0 Å². The summed E-state index contributed by atoms with van der Waals surface area (Å²) < 4.78 is 2.01. The van der Waals surface area contributed by atoms with E-state index in [2.05, 4.69) is 90.4 Å². The van der Waals surface area contributed by atoms with Gasteiger partial charge < -0.3 is 9.97 Å². The van der Waals surface area contributed by atoms with Crippen LogP contribution in [0.3, 0.4) is 0 Å². The van der Waals surface area contributed by atoms with Crippen molar-refractivity contribution in [3.63, 3.8) is 0 Å². The molecule has 3 aromatic heterocycles. The molecule has 8 bridgehead atoms. The molecule has 5 heterocycles. The third-order valence-electron chi connectivity index (χ3n) is 8.73. The maximum atomic E-state index is 5.17. The lowest BCUT2D eigenvalue weighted by Crippen LogP contribution is -2.08. The molecule has 0 saturated heterocycles. The Morgan fingerprint density at radius 1 is 0.500 bits per heavy atom. The van der Waals surface area contributed by atoms with Crippen molar-refractivity contribution in [3.8, 4) is 0 Å². The van der Waals surface area contributed by atoms with Crippen LogP contribution in [0.5, 0.6) is 0 Å². The SMILES string of the molecule is Brc1c2nc(c(C3CCCCC3)c3nc(c(Br)c4ccc([nH]4)c(C4CCCCC4)c4ccc1[nH]4)C=C3)C=C2. The molecule has 6 heteroatoms. The van der Waals surface area contributed by atoms with E-state index in [4.69, 9.17) is 9.97 Å². The van der Waals surface area contributed by atoms with Gasteiger partial charge in [-0.05, 0) is 118 Å². The van der Waals surface area contributed by atoms with Gasteiger partial charge in [0, 0.05) is 22.2 Å². The molecular weight excluding hydrogens is 600 g/mol. The summed E-state index contributed by atoms with van der Waals surface area (Å²) in [5, 5.41) is 0. The molecule has 4 nitrogen and oxygen atoms in total. The summed E-state index contributed by atoms with van der Waals surface area (Å²) in [6.07, 6.45) is 21.3. The minimum Gasteiger partial charge on any atom is -0.354 e. The number of nitrogens with one attached hydrogen (secondary N) is 2. The van der Waals surface area contributed by atoms with Crippen molar-refractivity contribution in [2.24, 2.45) is 0 Å². The largest absolute Gasteiger partial charge is 0.354 e. The number of H-pyrrole nitrogens is 2. The Hall–Kier alpha value is -2.44. The molecule has 2 saturated carbocycles. The standard InChI is InChI=1S/C32H32Br2N4/c33-31-25-15-11-21(35-25)29(19-7-3-1-4-8-19)22-12-16-26(36-22)32(34)28-18-14-24(38-28)30(20-9-5-2-6-10-20)23-13-17-27(31)37-23/h11-20,35-36H,1-10H2. The molecule has 2 aliphatic carbocycles. The molecule has 2 N–H and O–H groups in total. The highest BCUT2D eigenvalue weighted by atomic mass is 79.9. The molecule has 2 aliphatic heterocycles. The lowest BCUT2D eigenvalue weighted by molar-refractivity contribution is 0.442. The van der Waals surface area contributed by atoms with E-state index in [0.29, 0.717) is 11.8 Å². The van der Waals surface area contributed by atoms with Crippen LogP contribution >= 0.6 is 31.9 Å². The Labute approximate surface area is 240 Å². The molecule has 194 valence electrons. The maximum Gasteiger partial charge on any atom is 0.0800 e. The van der Waals surface area contributed by atoms with Gasteiger partial charge in [0.05, 0.1) is 42.8 Å². The topological polar surface area (TPSA) is 57.4 Å². The van der Waals surface area contributed by atoms with Crippen LogP contribution in [0, 0.1) is 0 Å². The van der Waals surface area contributed by atoms with Crippen LogP contribution < -0.4 is 0 Å².